The van der Waals surface area contributed by atoms with Crippen LogP contribution in [0.15, 0.2) is 0 Å². The maximum atomic E-state index is 5.38. The number of rotatable bonds is 14. The number of hydrogen-bond donors (Lipinski definition) is 2. The van der Waals surface area contributed by atoms with E-state index in [1.165, 1.54) is 6.42 Å². The third-order valence-electron chi connectivity index (χ3n) is 2.17. The Labute approximate surface area is 105 Å². The van der Waals surface area contributed by atoms with Crippen LogP contribution < -0.4 is 11.1 Å². The first-order valence-electron chi connectivity index (χ1n) is 6.55. The Hall–Kier alpha value is -0.200. The van der Waals surface area contributed by atoms with E-state index in [-0.39, 0.29) is 0 Å². The van der Waals surface area contributed by atoms with Gasteiger partial charge in [-0.2, -0.15) is 0 Å². The van der Waals surface area contributed by atoms with Gasteiger partial charge in [-0.1, -0.05) is 13.3 Å². The number of nitrogens with two attached hydrogens (primary N) is 1. The fourth-order valence-electron chi connectivity index (χ4n) is 1.19. The molecule has 0 bridgehead atoms. The van der Waals surface area contributed by atoms with Gasteiger partial charge in [-0.15, -0.1) is 0 Å². The predicted octanol–water partition coefficient (Wildman–Crippen LogP) is 0.732. The summed E-state index contributed by atoms with van der Waals surface area (Å²) in [6.45, 7) is 7.80. The minimum absolute atomic E-state index is 0.529. The Morgan fingerprint density at radius 1 is 0.824 bits per heavy atom. The number of nitrogens with one attached hydrogen (secondary N) is 1. The van der Waals surface area contributed by atoms with Gasteiger partial charge in [0.2, 0.25) is 0 Å². The molecule has 0 saturated heterocycles. The van der Waals surface area contributed by atoms with E-state index in [4.69, 9.17) is 19.9 Å². The van der Waals surface area contributed by atoms with Crippen LogP contribution in [-0.2, 0) is 14.2 Å². The molecule has 0 aromatic rings. The minimum atomic E-state index is 0.529. The summed E-state index contributed by atoms with van der Waals surface area (Å²) in [5.74, 6) is 0. The molecule has 104 valence electrons. The van der Waals surface area contributed by atoms with Crippen molar-refractivity contribution in [3.8, 4) is 0 Å². The lowest BCUT2D eigenvalue weighted by Gasteiger charge is -2.06. The highest BCUT2D eigenvalue weighted by Gasteiger charge is 1.91. The van der Waals surface area contributed by atoms with E-state index in [0.29, 0.717) is 33.1 Å². The van der Waals surface area contributed by atoms with Gasteiger partial charge in [0.25, 0.3) is 0 Å². The number of ether oxygens (including phenoxy) is 3. The van der Waals surface area contributed by atoms with Crippen LogP contribution in [0.2, 0.25) is 0 Å². The fraction of sp³-hybridized carbons (Fsp3) is 1.00. The smallest absolute Gasteiger partial charge is 0.0701 e. The molecule has 0 aromatic heterocycles. The zero-order valence-electron chi connectivity index (χ0n) is 11.1. The molecule has 5 nitrogen and oxygen atoms in total. The van der Waals surface area contributed by atoms with Crippen LogP contribution in [0.1, 0.15) is 26.2 Å². The Morgan fingerprint density at radius 2 is 1.35 bits per heavy atom. The third-order valence-corrected chi connectivity index (χ3v) is 2.17. The second kappa shape index (κ2) is 15.8. The molecule has 0 fully saturated rings. The van der Waals surface area contributed by atoms with Gasteiger partial charge in [-0.25, -0.2) is 0 Å². The van der Waals surface area contributed by atoms with Crippen molar-refractivity contribution in [3.05, 3.63) is 0 Å². The average Bonchev–Trinajstić information content (AvgIpc) is 2.35. The van der Waals surface area contributed by atoms with Crippen molar-refractivity contribution < 1.29 is 14.2 Å². The van der Waals surface area contributed by atoms with Gasteiger partial charge < -0.3 is 25.3 Å². The maximum absolute atomic E-state index is 5.38. The van der Waals surface area contributed by atoms with Crippen molar-refractivity contribution >= 4 is 0 Å². The van der Waals surface area contributed by atoms with Crippen LogP contribution in [0.4, 0.5) is 0 Å². The highest BCUT2D eigenvalue weighted by molar-refractivity contribution is 4.42. The summed E-state index contributed by atoms with van der Waals surface area (Å²) in [7, 11) is 0. The van der Waals surface area contributed by atoms with E-state index in [1.807, 2.05) is 0 Å². The molecule has 0 amide bonds. The molecule has 0 atom stereocenters. The van der Waals surface area contributed by atoms with Crippen molar-refractivity contribution in [1.82, 2.24) is 5.32 Å². The Morgan fingerprint density at radius 3 is 1.88 bits per heavy atom. The van der Waals surface area contributed by atoms with Crippen LogP contribution in [0.25, 0.3) is 0 Å². The van der Waals surface area contributed by atoms with Gasteiger partial charge in [-0.3, -0.25) is 0 Å². The summed E-state index contributed by atoms with van der Waals surface area (Å²) < 4.78 is 16.1. The molecule has 0 aromatic carbocycles. The number of hydrogen-bond acceptors (Lipinski definition) is 5. The van der Waals surface area contributed by atoms with Crippen LogP contribution in [-0.4, -0.2) is 52.9 Å². The highest BCUT2D eigenvalue weighted by Crippen LogP contribution is 1.88. The highest BCUT2D eigenvalue weighted by atomic mass is 16.5. The molecule has 0 spiro atoms. The summed E-state index contributed by atoms with van der Waals surface area (Å²) in [5, 5.41) is 3.03. The van der Waals surface area contributed by atoms with Crippen molar-refractivity contribution in [1.29, 1.82) is 0 Å². The molecule has 0 saturated carbocycles. The first kappa shape index (κ1) is 16.8. The summed E-state index contributed by atoms with van der Waals surface area (Å²) in [6, 6.07) is 0. The van der Waals surface area contributed by atoms with E-state index < -0.39 is 0 Å². The normalized spacial score (nSPS) is 10.9. The first-order chi connectivity index (χ1) is 8.41. The molecule has 0 radical (unpaired) electrons. The molecule has 0 aliphatic rings. The molecule has 0 rings (SSSR count). The van der Waals surface area contributed by atoms with Crippen LogP contribution in [0.3, 0.4) is 0 Å². The van der Waals surface area contributed by atoms with Gasteiger partial charge in [0.05, 0.1) is 26.4 Å². The lowest BCUT2D eigenvalue weighted by Crippen LogP contribution is -2.24. The van der Waals surface area contributed by atoms with Crippen molar-refractivity contribution in [2.75, 3.05) is 52.9 Å². The molecule has 17 heavy (non-hydrogen) atoms. The van der Waals surface area contributed by atoms with Crippen molar-refractivity contribution in [3.63, 3.8) is 0 Å². The summed E-state index contributed by atoms with van der Waals surface area (Å²) in [4.78, 5) is 0. The lowest BCUT2D eigenvalue weighted by atomic mass is 10.4. The van der Waals surface area contributed by atoms with Gasteiger partial charge in [0.15, 0.2) is 0 Å². The molecule has 0 aliphatic heterocycles. The monoisotopic (exact) mass is 248 g/mol. The van der Waals surface area contributed by atoms with Crippen LogP contribution in [0, 0.1) is 0 Å². The van der Waals surface area contributed by atoms with E-state index in [9.17, 15) is 0 Å². The second-order valence-corrected chi connectivity index (χ2v) is 3.75. The molecule has 0 heterocycles. The Balaban J connectivity index is 2.85. The van der Waals surface area contributed by atoms with E-state index in [0.717, 1.165) is 32.6 Å². The van der Waals surface area contributed by atoms with Gasteiger partial charge >= 0.3 is 0 Å². The Kier molecular flexibility index (Phi) is 15.6. The number of unbranched alkanes of at least 4 members (excludes halogenated alkanes) is 1. The summed E-state index contributed by atoms with van der Waals surface area (Å²) >= 11 is 0. The fourth-order valence-corrected chi connectivity index (χ4v) is 1.19. The quantitative estimate of drug-likeness (QED) is 0.350. The van der Waals surface area contributed by atoms with Gasteiger partial charge in [-0.05, 0) is 19.4 Å². The SMILES string of the molecule is CCCCOCCOCCOCCCNCN. The Bertz CT molecular complexity index is 123. The zero-order valence-corrected chi connectivity index (χ0v) is 11.1. The second-order valence-electron chi connectivity index (χ2n) is 3.75. The summed E-state index contributed by atoms with van der Waals surface area (Å²) in [6.07, 6.45) is 3.28. The summed E-state index contributed by atoms with van der Waals surface area (Å²) in [5.41, 5.74) is 5.28. The molecular weight excluding hydrogens is 220 g/mol. The van der Waals surface area contributed by atoms with E-state index >= 15 is 0 Å². The van der Waals surface area contributed by atoms with Crippen LogP contribution in [0.5, 0.6) is 0 Å². The van der Waals surface area contributed by atoms with Crippen molar-refractivity contribution in [2.45, 2.75) is 26.2 Å². The predicted molar refractivity (Wildman–Crippen MR) is 69.0 cm³/mol. The molecule has 5 heteroatoms. The van der Waals surface area contributed by atoms with Gasteiger partial charge in [0, 0.05) is 19.9 Å². The van der Waals surface area contributed by atoms with Crippen LogP contribution >= 0.6 is 0 Å². The molecule has 0 aliphatic carbocycles. The molecule has 0 unspecified atom stereocenters. The largest absolute Gasteiger partial charge is 0.379 e. The first-order valence-corrected chi connectivity index (χ1v) is 6.55. The molecule has 3 N–H and O–H groups in total. The van der Waals surface area contributed by atoms with E-state index in [1.54, 1.807) is 0 Å². The zero-order chi connectivity index (χ0) is 12.6. The molecular formula is C12H28N2O3. The van der Waals surface area contributed by atoms with E-state index in [2.05, 4.69) is 12.2 Å². The van der Waals surface area contributed by atoms with Crippen molar-refractivity contribution in [2.24, 2.45) is 5.73 Å². The lowest BCUT2D eigenvalue weighted by molar-refractivity contribution is 0.0137. The topological polar surface area (TPSA) is 65.7 Å². The third kappa shape index (κ3) is 15.8. The van der Waals surface area contributed by atoms with Gasteiger partial charge in [0.1, 0.15) is 0 Å². The average molecular weight is 248 g/mol. The minimum Gasteiger partial charge on any atom is -0.379 e. The standard InChI is InChI=1S/C12H28N2O3/c1-2-3-6-15-8-10-17-11-9-16-7-4-5-14-12-13/h14H,2-13H2,1H3. The maximum Gasteiger partial charge on any atom is 0.0701 e.